The molecule has 6 heteroatoms. The molecule has 0 aromatic carbocycles. The Bertz CT molecular complexity index is 475. The number of nitrogens with zero attached hydrogens (tertiary/aromatic N) is 1. The Balaban J connectivity index is 2.08. The van der Waals surface area contributed by atoms with Crippen LogP contribution in [0.4, 0.5) is 0 Å². The van der Waals surface area contributed by atoms with Gasteiger partial charge in [-0.05, 0) is 38.5 Å². The molecule has 6 nitrogen and oxygen atoms in total. The van der Waals surface area contributed by atoms with Crippen LogP contribution in [0.2, 0.25) is 0 Å². The molecule has 2 fully saturated rings. The Kier molecular flexibility index (Phi) is 5.57. The van der Waals surface area contributed by atoms with E-state index in [1.165, 1.54) is 6.92 Å². The molecule has 1 unspecified atom stereocenters. The third-order valence-corrected chi connectivity index (χ3v) is 4.46. The van der Waals surface area contributed by atoms with Crippen LogP contribution in [0.25, 0.3) is 0 Å². The Morgan fingerprint density at radius 1 is 1.14 bits per heavy atom. The molecule has 2 amide bonds. The van der Waals surface area contributed by atoms with Crippen LogP contribution >= 0.6 is 0 Å². The highest BCUT2D eigenvalue weighted by Gasteiger charge is 2.35. The first-order chi connectivity index (χ1) is 10.5. The van der Waals surface area contributed by atoms with Crippen molar-refractivity contribution in [3.05, 3.63) is 11.8 Å². The summed E-state index contributed by atoms with van der Waals surface area (Å²) in [6.07, 6.45) is 7.20. The van der Waals surface area contributed by atoms with E-state index >= 15 is 0 Å². The summed E-state index contributed by atoms with van der Waals surface area (Å²) < 4.78 is 0. The highest BCUT2D eigenvalue weighted by molar-refractivity contribution is 6.01. The molecule has 3 N–H and O–H groups in total. The fourth-order valence-electron chi connectivity index (χ4n) is 3.32. The first kappa shape index (κ1) is 16.5. The molecule has 1 heterocycles. The molecule has 2 rings (SSSR count). The van der Waals surface area contributed by atoms with Crippen LogP contribution in [-0.2, 0) is 14.4 Å². The van der Waals surface area contributed by atoms with Crippen molar-refractivity contribution >= 4 is 17.6 Å². The summed E-state index contributed by atoms with van der Waals surface area (Å²) in [5.74, 6) is -0.647. The second kappa shape index (κ2) is 7.42. The number of hydrogen-bond donors (Lipinski definition) is 2. The smallest absolute Gasteiger partial charge is 0.267 e. The van der Waals surface area contributed by atoms with Gasteiger partial charge in [0, 0.05) is 19.2 Å². The zero-order chi connectivity index (χ0) is 16.1. The van der Waals surface area contributed by atoms with Crippen LogP contribution in [0, 0.1) is 5.92 Å². The fraction of sp³-hybridized carbons (Fsp3) is 0.688. The van der Waals surface area contributed by atoms with Crippen molar-refractivity contribution in [2.24, 2.45) is 11.7 Å². The Morgan fingerprint density at radius 3 is 2.27 bits per heavy atom. The van der Waals surface area contributed by atoms with Crippen molar-refractivity contribution in [3.63, 3.8) is 0 Å². The predicted octanol–water partition coefficient (Wildman–Crippen LogP) is 0.715. The molecule has 0 spiro atoms. The van der Waals surface area contributed by atoms with Crippen molar-refractivity contribution in [2.45, 2.75) is 51.5 Å². The normalized spacial score (nSPS) is 21.0. The van der Waals surface area contributed by atoms with Gasteiger partial charge in [0.1, 0.15) is 11.7 Å². The largest absolute Gasteiger partial charge is 0.394 e. The van der Waals surface area contributed by atoms with E-state index in [4.69, 9.17) is 5.73 Å². The number of rotatable bonds is 5. The summed E-state index contributed by atoms with van der Waals surface area (Å²) in [4.78, 5) is 37.7. The minimum atomic E-state index is -0.528. The maximum absolute atomic E-state index is 12.7. The first-order valence-corrected chi connectivity index (χ1v) is 8.06. The lowest BCUT2D eigenvalue weighted by Crippen LogP contribution is -2.52. The highest BCUT2D eigenvalue weighted by atomic mass is 16.2. The highest BCUT2D eigenvalue weighted by Crippen LogP contribution is 2.29. The third kappa shape index (κ3) is 4.08. The zero-order valence-corrected chi connectivity index (χ0v) is 13.1. The molecule has 1 aliphatic heterocycles. The van der Waals surface area contributed by atoms with Crippen molar-refractivity contribution in [1.82, 2.24) is 10.2 Å². The summed E-state index contributed by atoms with van der Waals surface area (Å²) in [6.45, 7) is 2.86. The summed E-state index contributed by atoms with van der Waals surface area (Å²) >= 11 is 0. The topological polar surface area (TPSA) is 92.5 Å². The van der Waals surface area contributed by atoms with Gasteiger partial charge in [-0.3, -0.25) is 14.4 Å². The molecule has 1 saturated heterocycles. The van der Waals surface area contributed by atoms with E-state index in [0.29, 0.717) is 0 Å². The summed E-state index contributed by atoms with van der Waals surface area (Å²) in [5, 5.41) is 2.77. The van der Waals surface area contributed by atoms with Crippen LogP contribution in [0.5, 0.6) is 0 Å². The number of amides is 2. The van der Waals surface area contributed by atoms with E-state index in [9.17, 15) is 14.4 Å². The minimum absolute atomic E-state index is 0.00613. The van der Waals surface area contributed by atoms with Gasteiger partial charge in [0.05, 0.1) is 0 Å². The van der Waals surface area contributed by atoms with Crippen LogP contribution in [0.3, 0.4) is 0 Å². The van der Waals surface area contributed by atoms with Crippen LogP contribution in [0.15, 0.2) is 11.8 Å². The second-order valence-corrected chi connectivity index (χ2v) is 6.24. The Labute approximate surface area is 131 Å². The van der Waals surface area contributed by atoms with Crippen LogP contribution in [0.1, 0.15) is 45.4 Å². The number of allylic oxidation sites excluding steroid dienone is 1. The van der Waals surface area contributed by atoms with Crippen molar-refractivity contribution in [1.29, 1.82) is 0 Å². The van der Waals surface area contributed by atoms with Crippen molar-refractivity contribution in [3.8, 4) is 0 Å². The van der Waals surface area contributed by atoms with Gasteiger partial charge in [-0.25, -0.2) is 0 Å². The number of carbonyl (C=O) groups is 3. The van der Waals surface area contributed by atoms with Crippen molar-refractivity contribution < 1.29 is 14.4 Å². The van der Waals surface area contributed by atoms with Crippen molar-refractivity contribution in [2.75, 3.05) is 13.1 Å². The van der Waals surface area contributed by atoms with E-state index in [-0.39, 0.29) is 23.3 Å². The van der Waals surface area contributed by atoms with E-state index in [0.717, 1.165) is 57.7 Å². The lowest BCUT2D eigenvalue weighted by Gasteiger charge is -2.28. The maximum atomic E-state index is 12.7. The number of hydrogen-bond acceptors (Lipinski definition) is 4. The summed E-state index contributed by atoms with van der Waals surface area (Å²) in [6, 6.07) is -0.521. The fourth-order valence-corrected chi connectivity index (χ4v) is 3.32. The molecule has 122 valence electrons. The molecule has 1 saturated carbocycles. The third-order valence-electron chi connectivity index (χ3n) is 4.46. The number of likely N-dealkylation sites (tertiary alicyclic amines) is 1. The van der Waals surface area contributed by atoms with Gasteiger partial charge in [0.25, 0.3) is 5.91 Å². The number of nitrogens with two attached hydrogens (primary N) is 1. The standard InChI is InChI=1S/C16H25N3O3/c1-11(20)10-13(17)15(21)18-14(12-6-2-3-7-12)16(22)19-8-4-5-9-19/h10,12,14H,2-9,17H2,1H3,(H,18,21)/b13-10-. The van der Waals surface area contributed by atoms with Gasteiger partial charge in [0.2, 0.25) is 5.91 Å². The lowest BCUT2D eigenvalue weighted by atomic mass is 9.96. The molecule has 0 aromatic rings. The van der Waals surface area contributed by atoms with E-state index in [1.807, 2.05) is 4.90 Å². The molecular formula is C16H25N3O3. The first-order valence-electron chi connectivity index (χ1n) is 8.06. The summed E-state index contributed by atoms with van der Waals surface area (Å²) in [5.41, 5.74) is 5.49. The maximum Gasteiger partial charge on any atom is 0.267 e. The van der Waals surface area contributed by atoms with Gasteiger partial charge in [0.15, 0.2) is 5.78 Å². The number of carbonyl (C=O) groups excluding carboxylic acids is 3. The Hall–Kier alpha value is -1.85. The van der Waals surface area contributed by atoms with Gasteiger partial charge < -0.3 is 16.0 Å². The van der Waals surface area contributed by atoms with Gasteiger partial charge in [-0.2, -0.15) is 0 Å². The van der Waals surface area contributed by atoms with Crippen LogP contribution in [-0.4, -0.2) is 41.6 Å². The second-order valence-electron chi connectivity index (χ2n) is 6.24. The number of ketones is 1. The summed E-state index contributed by atoms with van der Waals surface area (Å²) in [7, 11) is 0. The minimum Gasteiger partial charge on any atom is -0.394 e. The molecule has 0 bridgehead atoms. The lowest BCUT2D eigenvalue weighted by molar-refractivity contribution is -0.136. The monoisotopic (exact) mass is 307 g/mol. The SMILES string of the molecule is CC(=O)/C=C(\N)C(=O)NC(C(=O)N1CCCC1)C1CCCC1. The van der Waals surface area contributed by atoms with Gasteiger partial charge in [-0.1, -0.05) is 12.8 Å². The molecule has 0 radical (unpaired) electrons. The molecular weight excluding hydrogens is 282 g/mol. The van der Waals surface area contributed by atoms with Gasteiger partial charge in [-0.15, -0.1) is 0 Å². The molecule has 22 heavy (non-hydrogen) atoms. The molecule has 2 aliphatic rings. The molecule has 1 atom stereocenters. The Morgan fingerprint density at radius 2 is 1.73 bits per heavy atom. The predicted molar refractivity (Wildman–Crippen MR) is 82.7 cm³/mol. The zero-order valence-electron chi connectivity index (χ0n) is 13.1. The van der Waals surface area contributed by atoms with E-state index in [2.05, 4.69) is 5.32 Å². The average Bonchev–Trinajstić information content (AvgIpc) is 3.15. The van der Waals surface area contributed by atoms with E-state index < -0.39 is 11.9 Å². The number of nitrogens with one attached hydrogen (secondary N) is 1. The van der Waals surface area contributed by atoms with Crippen LogP contribution < -0.4 is 11.1 Å². The van der Waals surface area contributed by atoms with E-state index in [1.54, 1.807) is 0 Å². The molecule has 0 aromatic heterocycles. The quantitative estimate of drug-likeness (QED) is 0.732. The van der Waals surface area contributed by atoms with Gasteiger partial charge >= 0.3 is 0 Å². The average molecular weight is 307 g/mol. The molecule has 1 aliphatic carbocycles.